The number of hydrogen-bond donors (Lipinski definition) is 2. The number of amides is 2. The predicted octanol–water partition coefficient (Wildman–Crippen LogP) is 5.03. The second-order valence-electron chi connectivity index (χ2n) is 8.85. The summed E-state index contributed by atoms with van der Waals surface area (Å²) in [4.78, 5) is 32.0. The van der Waals surface area contributed by atoms with Crippen molar-refractivity contribution < 1.29 is 14.1 Å². The number of rotatable bonds is 7. The molecule has 1 saturated heterocycles. The van der Waals surface area contributed by atoms with Gasteiger partial charge in [0.25, 0.3) is 5.91 Å². The number of halogens is 2. The van der Waals surface area contributed by atoms with E-state index in [0.29, 0.717) is 71.1 Å². The molecular formula is C25H27Cl2N5O3. The van der Waals surface area contributed by atoms with Gasteiger partial charge in [-0.15, -0.1) is 0 Å². The minimum atomic E-state index is -0.204. The highest BCUT2D eigenvalue weighted by atomic mass is 35.5. The number of carbonyl (C=O) groups excluding carboxylic acids is 2. The standard InChI is InChI=1S/C25H27Cl2N5O3/c1-15(2)28-25(34)19-5-3-4-6-21(19)29-24(33)16-9-11-32(12-10-16)14-22-30-23(31-35-22)18-8-7-17(26)13-20(18)27/h3-8,13,15-16H,9-12,14H2,1-2H3,(H,28,34)(H,29,33). The molecule has 2 amide bonds. The zero-order valence-electron chi connectivity index (χ0n) is 19.6. The third-order valence-electron chi connectivity index (χ3n) is 5.81. The van der Waals surface area contributed by atoms with E-state index in [-0.39, 0.29) is 23.8 Å². The van der Waals surface area contributed by atoms with Crippen molar-refractivity contribution in [1.82, 2.24) is 20.4 Å². The predicted molar refractivity (Wildman–Crippen MR) is 135 cm³/mol. The van der Waals surface area contributed by atoms with Gasteiger partial charge in [0.15, 0.2) is 0 Å². The Morgan fingerprint density at radius 2 is 1.89 bits per heavy atom. The van der Waals surface area contributed by atoms with E-state index in [2.05, 4.69) is 25.7 Å². The van der Waals surface area contributed by atoms with Crippen molar-refractivity contribution in [3.63, 3.8) is 0 Å². The molecule has 1 aromatic heterocycles. The summed E-state index contributed by atoms with van der Waals surface area (Å²) in [6.45, 7) is 5.72. The molecule has 1 fully saturated rings. The summed E-state index contributed by atoms with van der Waals surface area (Å²) in [7, 11) is 0. The van der Waals surface area contributed by atoms with Crippen LogP contribution in [0.4, 0.5) is 5.69 Å². The second-order valence-corrected chi connectivity index (χ2v) is 9.69. The van der Waals surface area contributed by atoms with Crippen molar-refractivity contribution in [2.75, 3.05) is 18.4 Å². The van der Waals surface area contributed by atoms with E-state index in [4.69, 9.17) is 27.7 Å². The van der Waals surface area contributed by atoms with Crippen LogP contribution in [0.2, 0.25) is 10.0 Å². The Kier molecular flexibility index (Phi) is 8.05. The van der Waals surface area contributed by atoms with Gasteiger partial charge in [0.1, 0.15) is 0 Å². The van der Waals surface area contributed by atoms with Gasteiger partial charge in [-0.1, -0.05) is 40.5 Å². The lowest BCUT2D eigenvalue weighted by Gasteiger charge is -2.30. The first-order valence-electron chi connectivity index (χ1n) is 11.5. The molecule has 8 nitrogen and oxygen atoms in total. The lowest BCUT2D eigenvalue weighted by Crippen LogP contribution is -2.38. The third-order valence-corrected chi connectivity index (χ3v) is 6.35. The number of benzene rings is 2. The fourth-order valence-electron chi connectivity index (χ4n) is 4.01. The molecule has 4 rings (SSSR count). The van der Waals surface area contributed by atoms with Crippen LogP contribution in [0.1, 0.15) is 42.9 Å². The zero-order valence-corrected chi connectivity index (χ0v) is 21.1. The summed E-state index contributed by atoms with van der Waals surface area (Å²) in [6, 6.07) is 12.2. The van der Waals surface area contributed by atoms with Gasteiger partial charge in [0, 0.05) is 22.5 Å². The minimum Gasteiger partial charge on any atom is -0.350 e. The normalized spacial score (nSPS) is 14.8. The maximum atomic E-state index is 12.9. The highest BCUT2D eigenvalue weighted by Gasteiger charge is 2.27. The maximum absolute atomic E-state index is 12.9. The number of hydrogen-bond acceptors (Lipinski definition) is 6. The van der Waals surface area contributed by atoms with Crippen LogP contribution in [0, 0.1) is 5.92 Å². The van der Waals surface area contributed by atoms with E-state index in [0.717, 1.165) is 0 Å². The van der Waals surface area contributed by atoms with Gasteiger partial charge in [-0.05, 0) is 70.1 Å². The van der Waals surface area contributed by atoms with E-state index in [1.807, 2.05) is 13.8 Å². The Labute approximate surface area is 214 Å². The van der Waals surface area contributed by atoms with Gasteiger partial charge < -0.3 is 15.2 Å². The smallest absolute Gasteiger partial charge is 0.253 e. The number of likely N-dealkylation sites (tertiary alicyclic amines) is 1. The summed E-state index contributed by atoms with van der Waals surface area (Å²) in [5, 5.41) is 10.8. The first-order valence-corrected chi connectivity index (χ1v) is 12.3. The molecule has 35 heavy (non-hydrogen) atoms. The molecule has 0 bridgehead atoms. The molecule has 1 aliphatic heterocycles. The summed E-state index contributed by atoms with van der Waals surface area (Å²) in [5.41, 5.74) is 1.64. The van der Waals surface area contributed by atoms with Crippen molar-refractivity contribution in [3.05, 3.63) is 64.0 Å². The van der Waals surface area contributed by atoms with E-state index >= 15 is 0 Å². The number of piperidine rings is 1. The van der Waals surface area contributed by atoms with Crippen LogP contribution in [0.3, 0.4) is 0 Å². The van der Waals surface area contributed by atoms with E-state index in [1.54, 1.807) is 42.5 Å². The molecular weight excluding hydrogens is 489 g/mol. The lowest BCUT2D eigenvalue weighted by molar-refractivity contribution is -0.121. The van der Waals surface area contributed by atoms with Gasteiger partial charge in [-0.25, -0.2) is 0 Å². The van der Waals surface area contributed by atoms with Gasteiger partial charge in [-0.2, -0.15) is 4.98 Å². The maximum Gasteiger partial charge on any atom is 0.253 e. The summed E-state index contributed by atoms with van der Waals surface area (Å²) in [5.74, 6) is 0.477. The molecule has 0 radical (unpaired) electrons. The summed E-state index contributed by atoms with van der Waals surface area (Å²) >= 11 is 12.2. The van der Waals surface area contributed by atoms with Crippen LogP contribution in [0.25, 0.3) is 11.4 Å². The Morgan fingerprint density at radius 1 is 1.14 bits per heavy atom. The summed E-state index contributed by atoms with van der Waals surface area (Å²) in [6.07, 6.45) is 1.38. The molecule has 0 aliphatic carbocycles. The summed E-state index contributed by atoms with van der Waals surface area (Å²) < 4.78 is 5.41. The Morgan fingerprint density at radius 3 is 2.60 bits per heavy atom. The Hall–Kier alpha value is -2.94. The minimum absolute atomic E-state index is 0.00805. The van der Waals surface area contributed by atoms with E-state index < -0.39 is 0 Å². The van der Waals surface area contributed by atoms with Crippen molar-refractivity contribution in [1.29, 1.82) is 0 Å². The van der Waals surface area contributed by atoms with E-state index in [9.17, 15) is 9.59 Å². The van der Waals surface area contributed by atoms with Gasteiger partial charge in [-0.3, -0.25) is 14.5 Å². The van der Waals surface area contributed by atoms with Gasteiger partial charge in [0.05, 0.1) is 22.8 Å². The van der Waals surface area contributed by atoms with Gasteiger partial charge in [0.2, 0.25) is 17.6 Å². The third kappa shape index (κ3) is 6.39. The van der Waals surface area contributed by atoms with Crippen molar-refractivity contribution >= 4 is 40.7 Å². The molecule has 2 heterocycles. The lowest BCUT2D eigenvalue weighted by atomic mass is 9.95. The largest absolute Gasteiger partial charge is 0.350 e. The van der Waals surface area contributed by atoms with Crippen LogP contribution < -0.4 is 10.6 Å². The molecule has 184 valence electrons. The highest BCUT2D eigenvalue weighted by molar-refractivity contribution is 6.36. The zero-order chi connectivity index (χ0) is 24.9. The second kappa shape index (κ2) is 11.2. The molecule has 2 aromatic carbocycles. The van der Waals surface area contributed by atoms with Crippen molar-refractivity contribution in [3.8, 4) is 11.4 Å². The first kappa shape index (κ1) is 25.2. The Balaban J connectivity index is 1.32. The molecule has 0 atom stereocenters. The fraction of sp³-hybridized carbons (Fsp3) is 0.360. The first-order chi connectivity index (χ1) is 16.8. The van der Waals surface area contributed by atoms with Crippen molar-refractivity contribution in [2.45, 2.75) is 39.3 Å². The number of nitrogens with zero attached hydrogens (tertiary/aromatic N) is 3. The number of para-hydroxylation sites is 1. The Bertz CT molecular complexity index is 1210. The molecule has 0 saturated carbocycles. The topological polar surface area (TPSA) is 100 Å². The average molecular weight is 516 g/mol. The van der Waals surface area contributed by atoms with Gasteiger partial charge >= 0.3 is 0 Å². The number of nitrogens with one attached hydrogen (secondary N) is 2. The molecule has 1 aliphatic rings. The van der Waals surface area contributed by atoms with Crippen LogP contribution in [-0.4, -0.2) is 46.0 Å². The number of aromatic nitrogens is 2. The van der Waals surface area contributed by atoms with Crippen LogP contribution >= 0.6 is 23.2 Å². The van der Waals surface area contributed by atoms with Crippen LogP contribution in [0.5, 0.6) is 0 Å². The van der Waals surface area contributed by atoms with Crippen LogP contribution in [0.15, 0.2) is 47.0 Å². The fourth-order valence-corrected chi connectivity index (χ4v) is 4.50. The highest BCUT2D eigenvalue weighted by Crippen LogP contribution is 2.29. The van der Waals surface area contributed by atoms with Crippen LogP contribution in [-0.2, 0) is 11.3 Å². The molecule has 0 spiro atoms. The van der Waals surface area contributed by atoms with Crippen molar-refractivity contribution in [2.24, 2.45) is 5.92 Å². The molecule has 2 N–H and O–H groups in total. The molecule has 10 heteroatoms. The number of anilines is 1. The molecule has 3 aromatic rings. The van der Waals surface area contributed by atoms with E-state index in [1.165, 1.54) is 0 Å². The monoisotopic (exact) mass is 515 g/mol. The number of carbonyl (C=O) groups is 2. The quantitative estimate of drug-likeness (QED) is 0.457. The SMILES string of the molecule is CC(C)NC(=O)c1ccccc1NC(=O)C1CCN(Cc2nc(-c3ccc(Cl)cc3Cl)no2)CC1. The molecule has 0 unspecified atom stereocenters. The average Bonchev–Trinajstić information content (AvgIpc) is 3.27.